The van der Waals surface area contributed by atoms with Crippen LogP contribution in [0.1, 0.15) is 303 Å². The van der Waals surface area contributed by atoms with Gasteiger partial charge in [0.15, 0.2) is 6.10 Å². The zero-order chi connectivity index (χ0) is 52.9. The molecule has 0 bridgehead atoms. The minimum absolute atomic E-state index is 0.0964. The summed E-state index contributed by atoms with van der Waals surface area (Å²) in [6.07, 6.45) is 80.6. The first-order chi connectivity index (χ1) is 36.0. The van der Waals surface area contributed by atoms with E-state index in [9.17, 15) is 14.4 Å². The Morgan fingerprint density at radius 2 is 0.548 bits per heavy atom. The van der Waals surface area contributed by atoms with Crippen molar-refractivity contribution in [3.8, 4) is 0 Å². The van der Waals surface area contributed by atoms with E-state index in [2.05, 4.69) is 106 Å². The molecule has 1 atom stereocenters. The maximum absolute atomic E-state index is 12.8. The summed E-state index contributed by atoms with van der Waals surface area (Å²) in [5.41, 5.74) is 0. The van der Waals surface area contributed by atoms with Crippen LogP contribution in [-0.4, -0.2) is 37.2 Å². The summed E-state index contributed by atoms with van der Waals surface area (Å²) in [7, 11) is 0. The molecule has 0 N–H and O–H groups in total. The van der Waals surface area contributed by atoms with Gasteiger partial charge in [0, 0.05) is 19.3 Å². The van der Waals surface area contributed by atoms with Crippen LogP contribution in [0.3, 0.4) is 0 Å². The minimum atomic E-state index is -0.802. The largest absolute Gasteiger partial charge is 0.462 e. The van der Waals surface area contributed by atoms with E-state index in [0.717, 1.165) is 83.5 Å². The summed E-state index contributed by atoms with van der Waals surface area (Å²) in [4.78, 5) is 38.0. The molecule has 0 aliphatic carbocycles. The van der Waals surface area contributed by atoms with Crippen LogP contribution in [0.4, 0.5) is 0 Å². The quantitative estimate of drug-likeness (QED) is 0.0261. The van der Waals surface area contributed by atoms with Crippen molar-refractivity contribution in [2.75, 3.05) is 13.2 Å². The molecule has 0 rings (SSSR count). The van der Waals surface area contributed by atoms with Gasteiger partial charge in [0.25, 0.3) is 0 Å². The molecule has 1 unspecified atom stereocenters. The molecule has 0 radical (unpaired) electrons. The topological polar surface area (TPSA) is 78.9 Å². The molecule has 0 aliphatic rings. The van der Waals surface area contributed by atoms with Crippen molar-refractivity contribution in [2.45, 2.75) is 309 Å². The van der Waals surface area contributed by atoms with Crippen molar-refractivity contribution in [1.29, 1.82) is 0 Å². The van der Waals surface area contributed by atoms with E-state index < -0.39 is 6.10 Å². The summed E-state index contributed by atoms with van der Waals surface area (Å²) >= 11 is 0. The Morgan fingerprint density at radius 1 is 0.288 bits per heavy atom. The number of carbonyl (C=O) groups is 3. The number of carbonyl (C=O) groups excluding carboxylic acids is 3. The molecule has 73 heavy (non-hydrogen) atoms. The van der Waals surface area contributed by atoms with E-state index in [0.29, 0.717) is 19.3 Å². The number of rotatable bonds is 56. The molecular formula is C67H116O6. The molecule has 0 aliphatic heterocycles. The fraction of sp³-hybridized carbons (Fsp3) is 0.746. The smallest absolute Gasteiger partial charge is 0.306 e. The maximum atomic E-state index is 12.8. The SMILES string of the molecule is CC/C=C\C/C=C\C/C=C\C/C=C\C/C=C\CCCC(=O)OC(COC(=O)CCCCCCCCC)COC(=O)CCCCCCCCCCCCCCCCCCCCC/C=C\C/C=C\CCCCCCC. The second kappa shape index (κ2) is 61.1. The number of ether oxygens (including phenoxy) is 3. The molecule has 420 valence electrons. The average molecular weight is 1020 g/mol. The second-order valence-corrected chi connectivity index (χ2v) is 20.6. The van der Waals surface area contributed by atoms with Gasteiger partial charge in [-0.2, -0.15) is 0 Å². The van der Waals surface area contributed by atoms with Crippen molar-refractivity contribution in [3.05, 3.63) is 85.1 Å². The number of esters is 3. The Hall–Kier alpha value is -3.41. The third-order valence-electron chi connectivity index (χ3n) is 13.4. The van der Waals surface area contributed by atoms with Gasteiger partial charge in [-0.15, -0.1) is 0 Å². The Labute approximate surface area is 452 Å². The van der Waals surface area contributed by atoms with E-state index >= 15 is 0 Å². The molecule has 6 heteroatoms. The Kier molecular flexibility index (Phi) is 58.3. The maximum Gasteiger partial charge on any atom is 0.306 e. The summed E-state index contributed by atoms with van der Waals surface area (Å²) in [6, 6.07) is 0. The molecule has 0 spiro atoms. The van der Waals surface area contributed by atoms with Gasteiger partial charge in [-0.25, -0.2) is 0 Å². The van der Waals surface area contributed by atoms with Crippen LogP contribution in [0.15, 0.2) is 85.1 Å². The first kappa shape index (κ1) is 69.6. The highest BCUT2D eigenvalue weighted by atomic mass is 16.6. The summed E-state index contributed by atoms with van der Waals surface area (Å²) in [5, 5.41) is 0. The third-order valence-corrected chi connectivity index (χ3v) is 13.4. The molecule has 0 fully saturated rings. The number of allylic oxidation sites excluding steroid dienone is 14. The summed E-state index contributed by atoms with van der Waals surface area (Å²) in [5.74, 6) is -0.954. The van der Waals surface area contributed by atoms with Gasteiger partial charge in [-0.3, -0.25) is 14.4 Å². The van der Waals surface area contributed by atoms with Gasteiger partial charge in [-0.1, -0.05) is 279 Å². The normalized spacial score (nSPS) is 12.6. The van der Waals surface area contributed by atoms with Gasteiger partial charge in [0.05, 0.1) is 0 Å². The zero-order valence-electron chi connectivity index (χ0n) is 48.1. The highest BCUT2D eigenvalue weighted by Gasteiger charge is 2.19. The molecule has 0 saturated heterocycles. The van der Waals surface area contributed by atoms with Crippen molar-refractivity contribution in [2.24, 2.45) is 0 Å². The predicted octanol–water partition coefficient (Wildman–Crippen LogP) is 21.1. The molecule has 0 aromatic rings. The van der Waals surface area contributed by atoms with Crippen LogP contribution >= 0.6 is 0 Å². The highest BCUT2D eigenvalue weighted by molar-refractivity contribution is 5.71. The van der Waals surface area contributed by atoms with Crippen LogP contribution in [0.5, 0.6) is 0 Å². The lowest BCUT2D eigenvalue weighted by Gasteiger charge is -2.18. The average Bonchev–Trinajstić information content (AvgIpc) is 3.39. The summed E-state index contributed by atoms with van der Waals surface area (Å²) in [6.45, 7) is 6.44. The van der Waals surface area contributed by atoms with Crippen LogP contribution in [-0.2, 0) is 28.6 Å². The third kappa shape index (κ3) is 59.3. The van der Waals surface area contributed by atoms with Gasteiger partial charge in [0.2, 0.25) is 0 Å². The standard InChI is InChI=1S/C67H116O6/c1-4-7-10-13-16-18-20-22-24-26-27-28-29-30-31-32-33-34-35-36-37-38-39-41-42-44-46-48-51-54-57-60-66(69)72-63-64(62-71-65(68)59-56-53-50-15-12-9-6-3)73-67(70)61-58-55-52-49-47-45-43-40-25-23-21-19-17-14-11-8-5-2/h8,11,17,19-20,22-23,25-27,43,45,49,52,64H,4-7,9-10,12-16,18,21,24,28-42,44,46-48,50-51,53-63H2,1-3H3/b11-8-,19-17-,22-20-,25-23-,27-26-,45-43-,52-49-. The van der Waals surface area contributed by atoms with Crippen molar-refractivity contribution in [1.82, 2.24) is 0 Å². The molecule has 6 nitrogen and oxygen atoms in total. The lowest BCUT2D eigenvalue weighted by atomic mass is 10.0. The van der Waals surface area contributed by atoms with Crippen molar-refractivity contribution < 1.29 is 28.6 Å². The number of hydrogen-bond donors (Lipinski definition) is 0. The fourth-order valence-electron chi connectivity index (χ4n) is 8.75. The van der Waals surface area contributed by atoms with Crippen LogP contribution < -0.4 is 0 Å². The molecule has 0 aromatic heterocycles. The molecule has 0 amide bonds. The highest BCUT2D eigenvalue weighted by Crippen LogP contribution is 2.16. The van der Waals surface area contributed by atoms with Crippen LogP contribution in [0.2, 0.25) is 0 Å². The lowest BCUT2D eigenvalue weighted by molar-refractivity contribution is -0.167. The number of hydrogen-bond acceptors (Lipinski definition) is 6. The van der Waals surface area contributed by atoms with Crippen molar-refractivity contribution in [3.63, 3.8) is 0 Å². The monoisotopic (exact) mass is 1020 g/mol. The predicted molar refractivity (Wildman–Crippen MR) is 316 cm³/mol. The lowest BCUT2D eigenvalue weighted by Crippen LogP contribution is -2.30. The van der Waals surface area contributed by atoms with Gasteiger partial charge >= 0.3 is 17.9 Å². The first-order valence-corrected chi connectivity index (χ1v) is 31.1. The Balaban J connectivity index is 4.08. The Morgan fingerprint density at radius 3 is 0.877 bits per heavy atom. The zero-order valence-corrected chi connectivity index (χ0v) is 48.1. The fourth-order valence-corrected chi connectivity index (χ4v) is 8.75. The van der Waals surface area contributed by atoms with Crippen LogP contribution in [0, 0.1) is 0 Å². The molecule has 0 heterocycles. The molecule has 0 aromatic carbocycles. The van der Waals surface area contributed by atoms with Gasteiger partial charge < -0.3 is 14.2 Å². The van der Waals surface area contributed by atoms with E-state index in [-0.39, 0.29) is 37.5 Å². The van der Waals surface area contributed by atoms with E-state index in [1.807, 2.05) is 0 Å². The van der Waals surface area contributed by atoms with Crippen LogP contribution in [0.25, 0.3) is 0 Å². The Bertz CT molecular complexity index is 1400. The van der Waals surface area contributed by atoms with E-state index in [1.54, 1.807) is 0 Å². The number of unbranched alkanes of at least 4 members (excludes halogenated alkanes) is 31. The second-order valence-electron chi connectivity index (χ2n) is 20.6. The summed E-state index contributed by atoms with van der Waals surface area (Å²) < 4.78 is 16.7. The van der Waals surface area contributed by atoms with E-state index in [4.69, 9.17) is 14.2 Å². The van der Waals surface area contributed by atoms with Gasteiger partial charge in [-0.05, 0) is 89.9 Å². The van der Waals surface area contributed by atoms with E-state index in [1.165, 1.54) is 173 Å². The van der Waals surface area contributed by atoms with Gasteiger partial charge in [0.1, 0.15) is 13.2 Å². The first-order valence-electron chi connectivity index (χ1n) is 31.1. The molecule has 0 saturated carbocycles. The minimum Gasteiger partial charge on any atom is -0.462 e. The molecular weight excluding hydrogens is 901 g/mol. The van der Waals surface area contributed by atoms with Crippen molar-refractivity contribution >= 4 is 17.9 Å².